The lowest BCUT2D eigenvalue weighted by molar-refractivity contribution is 0.732. The quantitative estimate of drug-likeness (QED) is 0.799. The lowest BCUT2D eigenvalue weighted by Crippen LogP contribution is -2.26. The van der Waals surface area contributed by atoms with E-state index in [0.29, 0.717) is 0 Å². The first-order valence-electron chi connectivity index (χ1n) is 6.40. The van der Waals surface area contributed by atoms with E-state index < -0.39 is 0 Å². The lowest BCUT2D eigenvalue weighted by Gasteiger charge is -2.26. The monoisotopic (exact) mass is 254 g/mol. The van der Waals surface area contributed by atoms with E-state index >= 15 is 0 Å². The normalized spacial score (nSPS) is 10.6. The first-order chi connectivity index (χ1) is 8.22. The smallest absolute Gasteiger partial charge is 0.0426 e. The molecule has 1 rings (SSSR count). The Labute approximate surface area is 110 Å². The van der Waals surface area contributed by atoms with Crippen LogP contribution in [0.1, 0.15) is 32.3 Å². The van der Waals surface area contributed by atoms with Crippen LogP contribution in [0.4, 0.5) is 5.69 Å². The molecule has 0 saturated heterocycles. The Balaban J connectivity index is 3.00. The van der Waals surface area contributed by atoms with Gasteiger partial charge in [-0.15, -0.1) is 0 Å². The molecule has 3 heteroatoms. The van der Waals surface area contributed by atoms with Gasteiger partial charge in [0.1, 0.15) is 0 Å². The summed E-state index contributed by atoms with van der Waals surface area (Å²) in [4.78, 5) is 2.43. The summed E-state index contributed by atoms with van der Waals surface area (Å²) in [5.74, 6) is 0. The number of nitrogens with zero attached hydrogens (tertiary/aromatic N) is 1. The van der Waals surface area contributed by atoms with Crippen LogP contribution in [0.5, 0.6) is 0 Å². The Bertz CT molecular complexity index is 333. The maximum atomic E-state index is 6.11. The van der Waals surface area contributed by atoms with Crippen molar-refractivity contribution in [2.75, 3.05) is 25.0 Å². The third-order valence-electron chi connectivity index (χ3n) is 2.74. The highest BCUT2D eigenvalue weighted by Crippen LogP contribution is 2.25. The molecule has 0 aliphatic carbocycles. The van der Waals surface area contributed by atoms with Gasteiger partial charge in [-0.3, -0.25) is 0 Å². The molecule has 1 N–H and O–H groups in total. The molecule has 1 aromatic rings. The van der Waals surface area contributed by atoms with E-state index in [0.717, 1.165) is 37.5 Å². The van der Waals surface area contributed by atoms with Gasteiger partial charge in [0.15, 0.2) is 0 Å². The van der Waals surface area contributed by atoms with E-state index in [9.17, 15) is 0 Å². The predicted octanol–water partition coefficient (Wildman–Crippen LogP) is 3.69. The number of halogens is 1. The summed E-state index contributed by atoms with van der Waals surface area (Å²) in [6.45, 7) is 7.49. The largest absolute Gasteiger partial charge is 0.371 e. The van der Waals surface area contributed by atoms with E-state index in [1.165, 1.54) is 11.3 Å². The summed E-state index contributed by atoms with van der Waals surface area (Å²) in [7, 11) is 1.97. The second-order valence-electron chi connectivity index (χ2n) is 4.29. The number of nitrogens with one attached hydrogen (secondary N) is 1. The predicted molar refractivity (Wildman–Crippen MR) is 77.0 cm³/mol. The average Bonchev–Trinajstić information content (AvgIpc) is 2.31. The van der Waals surface area contributed by atoms with Crippen LogP contribution in [0.15, 0.2) is 18.2 Å². The molecule has 0 aromatic heterocycles. The van der Waals surface area contributed by atoms with E-state index in [-0.39, 0.29) is 0 Å². The highest BCUT2D eigenvalue weighted by molar-refractivity contribution is 6.30. The van der Waals surface area contributed by atoms with Gasteiger partial charge in [0, 0.05) is 30.3 Å². The SMILES string of the molecule is CCCN(CCC)c1cc(Cl)ccc1CNC. The van der Waals surface area contributed by atoms with Crippen molar-refractivity contribution in [1.82, 2.24) is 5.32 Å². The zero-order valence-corrected chi connectivity index (χ0v) is 11.8. The number of benzene rings is 1. The lowest BCUT2D eigenvalue weighted by atomic mass is 10.1. The Kier molecular flexibility index (Phi) is 6.38. The van der Waals surface area contributed by atoms with Crippen LogP contribution in [-0.4, -0.2) is 20.1 Å². The van der Waals surface area contributed by atoms with Gasteiger partial charge in [0.25, 0.3) is 0 Å². The Morgan fingerprint density at radius 1 is 1.18 bits per heavy atom. The van der Waals surface area contributed by atoms with Crippen LogP contribution >= 0.6 is 11.6 Å². The Morgan fingerprint density at radius 2 is 1.82 bits per heavy atom. The van der Waals surface area contributed by atoms with Crippen molar-refractivity contribution in [2.45, 2.75) is 33.2 Å². The molecule has 0 atom stereocenters. The molecule has 2 nitrogen and oxygen atoms in total. The minimum Gasteiger partial charge on any atom is -0.371 e. The van der Waals surface area contributed by atoms with Crippen LogP contribution in [-0.2, 0) is 6.54 Å². The summed E-state index contributed by atoms with van der Waals surface area (Å²) < 4.78 is 0. The second-order valence-corrected chi connectivity index (χ2v) is 4.73. The number of hydrogen-bond donors (Lipinski definition) is 1. The Morgan fingerprint density at radius 3 is 2.35 bits per heavy atom. The van der Waals surface area contributed by atoms with Crippen LogP contribution in [0.3, 0.4) is 0 Å². The van der Waals surface area contributed by atoms with Crippen LogP contribution in [0.25, 0.3) is 0 Å². The standard InChI is InChI=1S/C14H23ClN2/c1-4-8-17(9-5-2)14-10-13(15)7-6-12(14)11-16-3/h6-7,10,16H,4-5,8-9,11H2,1-3H3. The molecule has 0 heterocycles. The minimum absolute atomic E-state index is 0.817. The number of rotatable bonds is 7. The third kappa shape index (κ3) is 4.21. The molecule has 0 bridgehead atoms. The second kappa shape index (κ2) is 7.57. The minimum atomic E-state index is 0.817. The summed E-state index contributed by atoms with van der Waals surface area (Å²) in [5.41, 5.74) is 2.59. The molecule has 0 saturated carbocycles. The van der Waals surface area contributed by atoms with Gasteiger partial charge in [-0.1, -0.05) is 31.5 Å². The van der Waals surface area contributed by atoms with Gasteiger partial charge < -0.3 is 10.2 Å². The zero-order valence-electron chi connectivity index (χ0n) is 11.1. The molecule has 0 aliphatic heterocycles. The maximum Gasteiger partial charge on any atom is 0.0426 e. The van der Waals surface area contributed by atoms with Crippen LogP contribution in [0.2, 0.25) is 5.02 Å². The molecule has 0 unspecified atom stereocenters. The molecule has 0 radical (unpaired) electrons. The molecule has 17 heavy (non-hydrogen) atoms. The number of hydrogen-bond acceptors (Lipinski definition) is 2. The summed E-state index contributed by atoms with van der Waals surface area (Å²) in [6.07, 6.45) is 2.32. The maximum absolute atomic E-state index is 6.11. The van der Waals surface area contributed by atoms with Crippen LogP contribution in [0, 0.1) is 0 Å². The fourth-order valence-electron chi connectivity index (χ4n) is 2.06. The van der Waals surface area contributed by atoms with Crippen molar-refractivity contribution in [3.8, 4) is 0 Å². The Hall–Kier alpha value is -0.730. The molecule has 0 fully saturated rings. The van der Waals surface area contributed by atoms with E-state index in [1.54, 1.807) is 0 Å². The van der Waals surface area contributed by atoms with Gasteiger partial charge in [0.2, 0.25) is 0 Å². The first-order valence-corrected chi connectivity index (χ1v) is 6.78. The van der Waals surface area contributed by atoms with Crippen molar-refractivity contribution in [3.05, 3.63) is 28.8 Å². The van der Waals surface area contributed by atoms with Crippen molar-refractivity contribution < 1.29 is 0 Å². The number of anilines is 1. The van der Waals surface area contributed by atoms with Gasteiger partial charge >= 0.3 is 0 Å². The van der Waals surface area contributed by atoms with Crippen molar-refractivity contribution in [1.29, 1.82) is 0 Å². The molecular weight excluding hydrogens is 232 g/mol. The molecular formula is C14H23ClN2. The fourth-order valence-corrected chi connectivity index (χ4v) is 2.23. The van der Waals surface area contributed by atoms with E-state index in [4.69, 9.17) is 11.6 Å². The fraction of sp³-hybridized carbons (Fsp3) is 0.571. The highest BCUT2D eigenvalue weighted by atomic mass is 35.5. The van der Waals surface area contributed by atoms with Crippen molar-refractivity contribution in [2.24, 2.45) is 0 Å². The summed E-state index contributed by atoms with van der Waals surface area (Å²) >= 11 is 6.11. The molecule has 0 aliphatic rings. The molecule has 0 amide bonds. The zero-order chi connectivity index (χ0) is 12.7. The van der Waals surface area contributed by atoms with Crippen molar-refractivity contribution >= 4 is 17.3 Å². The summed E-state index contributed by atoms with van der Waals surface area (Å²) in [6, 6.07) is 6.17. The summed E-state index contributed by atoms with van der Waals surface area (Å²) in [5, 5.41) is 4.03. The van der Waals surface area contributed by atoms with Crippen molar-refractivity contribution in [3.63, 3.8) is 0 Å². The molecule has 0 spiro atoms. The van der Waals surface area contributed by atoms with E-state index in [1.807, 2.05) is 13.1 Å². The van der Waals surface area contributed by atoms with Gasteiger partial charge in [-0.2, -0.15) is 0 Å². The van der Waals surface area contributed by atoms with Gasteiger partial charge in [0.05, 0.1) is 0 Å². The van der Waals surface area contributed by atoms with Crippen LogP contribution < -0.4 is 10.2 Å². The van der Waals surface area contributed by atoms with E-state index in [2.05, 4.69) is 36.2 Å². The topological polar surface area (TPSA) is 15.3 Å². The molecule has 1 aromatic carbocycles. The third-order valence-corrected chi connectivity index (χ3v) is 2.98. The average molecular weight is 255 g/mol. The van der Waals surface area contributed by atoms with Gasteiger partial charge in [-0.05, 0) is 37.6 Å². The van der Waals surface area contributed by atoms with Gasteiger partial charge in [-0.25, -0.2) is 0 Å². The highest BCUT2D eigenvalue weighted by Gasteiger charge is 2.10. The molecule has 96 valence electrons. The first kappa shape index (κ1) is 14.3.